The zero-order chi connectivity index (χ0) is 10.8. The summed E-state index contributed by atoms with van der Waals surface area (Å²) < 4.78 is 4.82. The Morgan fingerprint density at radius 1 is 1.50 bits per heavy atom. The van der Waals surface area contributed by atoms with E-state index in [0.29, 0.717) is 13.2 Å². The van der Waals surface area contributed by atoms with Gasteiger partial charge >= 0.3 is 5.97 Å². The highest BCUT2D eigenvalue weighted by atomic mass is 16.5. The first-order valence-corrected chi connectivity index (χ1v) is 4.96. The van der Waals surface area contributed by atoms with Gasteiger partial charge in [-0.2, -0.15) is 0 Å². The van der Waals surface area contributed by atoms with Gasteiger partial charge in [0, 0.05) is 18.3 Å². The molecular weight excluding hydrogens is 178 g/mol. The van der Waals surface area contributed by atoms with Gasteiger partial charge in [0.05, 0.1) is 6.61 Å². The third kappa shape index (κ3) is 6.29. The van der Waals surface area contributed by atoms with E-state index < -0.39 is 0 Å². The predicted molar refractivity (Wildman–Crippen MR) is 57.8 cm³/mol. The van der Waals surface area contributed by atoms with Crippen LogP contribution < -0.4 is 5.32 Å². The van der Waals surface area contributed by atoms with E-state index in [9.17, 15) is 4.79 Å². The monoisotopic (exact) mass is 197 g/mol. The van der Waals surface area contributed by atoms with Crippen molar-refractivity contribution in [2.75, 3.05) is 13.2 Å². The zero-order valence-corrected chi connectivity index (χ0v) is 9.01. The molecule has 0 aliphatic heterocycles. The molecule has 0 atom stereocenters. The molecule has 3 nitrogen and oxygen atoms in total. The zero-order valence-electron chi connectivity index (χ0n) is 9.01. The molecule has 14 heavy (non-hydrogen) atoms. The third-order valence-electron chi connectivity index (χ3n) is 1.57. The van der Waals surface area contributed by atoms with Crippen LogP contribution in [0.15, 0.2) is 24.4 Å². The predicted octanol–water partition coefficient (Wildman–Crippen LogP) is 2.01. The highest BCUT2D eigenvalue weighted by Crippen LogP contribution is 2.01. The van der Waals surface area contributed by atoms with Crippen LogP contribution in [0.1, 0.15) is 26.7 Å². The minimum Gasteiger partial charge on any atom is -0.463 e. The van der Waals surface area contributed by atoms with Crippen LogP contribution in [-0.4, -0.2) is 19.1 Å². The Morgan fingerprint density at radius 2 is 2.21 bits per heavy atom. The van der Waals surface area contributed by atoms with Gasteiger partial charge in [-0.15, -0.1) is 6.58 Å². The fraction of sp³-hybridized carbons (Fsp3) is 0.545. The lowest BCUT2D eigenvalue weighted by Gasteiger charge is -2.07. The van der Waals surface area contributed by atoms with Gasteiger partial charge in [-0.1, -0.05) is 19.4 Å². The lowest BCUT2D eigenvalue weighted by molar-refractivity contribution is -0.137. The number of ether oxygens (including phenoxy) is 1. The molecule has 0 aromatic rings. The molecule has 0 saturated carbocycles. The molecule has 3 heteroatoms. The molecule has 1 N–H and O–H groups in total. The molecule has 0 spiro atoms. The van der Waals surface area contributed by atoms with Crippen molar-refractivity contribution in [1.29, 1.82) is 0 Å². The van der Waals surface area contributed by atoms with Crippen molar-refractivity contribution in [3.05, 3.63) is 24.4 Å². The fourth-order valence-corrected chi connectivity index (χ4v) is 1.01. The average molecular weight is 197 g/mol. The number of nitrogens with one attached hydrogen (secondary N) is 1. The Morgan fingerprint density at radius 3 is 2.71 bits per heavy atom. The van der Waals surface area contributed by atoms with Crippen LogP contribution in [0, 0.1) is 0 Å². The van der Waals surface area contributed by atoms with Crippen LogP contribution >= 0.6 is 0 Å². The number of hydrogen-bond donors (Lipinski definition) is 1. The first kappa shape index (κ1) is 12.8. The molecular formula is C11H19NO2. The second kappa shape index (κ2) is 8.35. The Labute approximate surface area is 85.8 Å². The van der Waals surface area contributed by atoms with Gasteiger partial charge in [0.2, 0.25) is 0 Å². The summed E-state index contributed by atoms with van der Waals surface area (Å²) in [5.41, 5.74) is 0.908. The number of esters is 1. The van der Waals surface area contributed by atoms with Crippen LogP contribution in [0.2, 0.25) is 0 Å². The fourth-order valence-electron chi connectivity index (χ4n) is 1.01. The number of hydrogen-bond acceptors (Lipinski definition) is 3. The first-order chi connectivity index (χ1) is 6.74. The largest absolute Gasteiger partial charge is 0.463 e. The normalized spacial score (nSPS) is 10.9. The minimum atomic E-state index is -0.285. The molecule has 0 fully saturated rings. The van der Waals surface area contributed by atoms with E-state index in [0.717, 1.165) is 18.5 Å². The Kier molecular flexibility index (Phi) is 7.61. The number of carbonyl (C=O) groups excluding carboxylic acids is 1. The number of carbonyl (C=O) groups is 1. The van der Waals surface area contributed by atoms with E-state index in [2.05, 4.69) is 18.8 Å². The van der Waals surface area contributed by atoms with E-state index in [1.165, 1.54) is 6.08 Å². The van der Waals surface area contributed by atoms with Crippen molar-refractivity contribution in [2.45, 2.75) is 26.7 Å². The molecule has 0 aromatic heterocycles. The summed E-state index contributed by atoms with van der Waals surface area (Å²) in [5, 5.41) is 3.10. The molecule has 80 valence electrons. The van der Waals surface area contributed by atoms with E-state index in [1.54, 1.807) is 13.0 Å². The van der Waals surface area contributed by atoms with Gasteiger partial charge < -0.3 is 10.1 Å². The van der Waals surface area contributed by atoms with Crippen molar-refractivity contribution in [2.24, 2.45) is 0 Å². The summed E-state index contributed by atoms with van der Waals surface area (Å²) in [7, 11) is 0. The van der Waals surface area contributed by atoms with Gasteiger partial charge in [-0.25, -0.2) is 4.79 Å². The van der Waals surface area contributed by atoms with E-state index in [1.807, 2.05) is 0 Å². The van der Waals surface area contributed by atoms with Crippen LogP contribution in [0.3, 0.4) is 0 Å². The van der Waals surface area contributed by atoms with E-state index in [-0.39, 0.29) is 5.97 Å². The van der Waals surface area contributed by atoms with Crippen molar-refractivity contribution in [3.8, 4) is 0 Å². The molecule has 0 aromatic carbocycles. The molecule has 0 aliphatic rings. The van der Waals surface area contributed by atoms with Crippen LogP contribution in [-0.2, 0) is 9.53 Å². The van der Waals surface area contributed by atoms with Gasteiger partial charge in [0.1, 0.15) is 0 Å². The number of rotatable bonds is 7. The van der Waals surface area contributed by atoms with E-state index >= 15 is 0 Å². The van der Waals surface area contributed by atoms with Crippen molar-refractivity contribution < 1.29 is 9.53 Å². The average Bonchev–Trinajstić information content (AvgIpc) is 2.15. The van der Waals surface area contributed by atoms with Crippen molar-refractivity contribution >= 4 is 5.97 Å². The lowest BCUT2D eigenvalue weighted by Crippen LogP contribution is -2.15. The smallest absolute Gasteiger partial charge is 0.332 e. The van der Waals surface area contributed by atoms with E-state index in [4.69, 9.17) is 4.74 Å². The maximum Gasteiger partial charge on any atom is 0.332 e. The molecule has 0 unspecified atom stereocenters. The van der Waals surface area contributed by atoms with Gasteiger partial charge in [0.25, 0.3) is 0 Å². The maximum atomic E-state index is 11.1. The standard InChI is InChI=1S/C11H19NO2/c1-4-7-10(12-8-5-2)9-11(13)14-6-3/h5,9,12H,2,4,6-8H2,1,3H3/b10-9-. The molecule has 0 amide bonds. The Hall–Kier alpha value is -1.25. The summed E-state index contributed by atoms with van der Waals surface area (Å²) in [6.45, 7) is 8.55. The summed E-state index contributed by atoms with van der Waals surface area (Å²) in [6.07, 6.45) is 5.12. The van der Waals surface area contributed by atoms with Crippen molar-refractivity contribution in [3.63, 3.8) is 0 Å². The van der Waals surface area contributed by atoms with Crippen molar-refractivity contribution in [1.82, 2.24) is 5.32 Å². The highest BCUT2D eigenvalue weighted by Gasteiger charge is 2.00. The van der Waals surface area contributed by atoms with Gasteiger partial charge in [-0.05, 0) is 13.3 Å². The SMILES string of the molecule is C=CCN/C(=C\C(=O)OCC)CCC. The molecule has 0 bridgehead atoms. The molecule has 0 saturated heterocycles. The summed E-state index contributed by atoms with van der Waals surface area (Å²) in [6, 6.07) is 0. The molecule has 0 rings (SSSR count). The number of allylic oxidation sites excluding steroid dienone is 1. The Balaban J connectivity index is 4.14. The van der Waals surface area contributed by atoms with Gasteiger partial charge in [-0.3, -0.25) is 0 Å². The third-order valence-corrected chi connectivity index (χ3v) is 1.57. The topological polar surface area (TPSA) is 38.3 Å². The molecule has 0 heterocycles. The summed E-state index contributed by atoms with van der Waals surface area (Å²) in [4.78, 5) is 11.1. The van der Waals surface area contributed by atoms with Gasteiger partial charge in [0.15, 0.2) is 0 Å². The summed E-state index contributed by atoms with van der Waals surface area (Å²) in [5.74, 6) is -0.285. The maximum absolute atomic E-state index is 11.1. The first-order valence-electron chi connectivity index (χ1n) is 4.96. The van der Waals surface area contributed by atoms with Crippen LogP contribution in [0.25, 0.3) is 0 Å². The molecule has 0 radical (unpaired) electrons. The second-order valence-electron chi connectivity index (χ2n) is 2.84. The highest BCUT2D eigenvalue weighted by molar-refractivity contribution is 5.82. The second-order valence-corrected chi connectivity index (χ2v) is 2.84. The lowest BCUT2D eigenvalue weighted by atomic mass is 10.2. The Bertz CT molecular complexity index is 209. The molecule has 0 aliphatic carbocycles. The van der Waals surface area contributed by atoms with Crippen LogP contribution in [0.4, 0.5) is 0 Å². The van der Waals surface area contributed by atoms with Crippen LogP contribution in [0.5, 0.6) is 0 Å². The summed E-state index contributed by atoms with van der Waals surface area (Å²) >= 11 is 0. The minimum absolute atomic E-state index is 0.285. The quantitative estimate of drug-likeness (QED) is 0.385.